The molecule has 1 fully saturated rings. The Bertz CT molecular complexity index is 1020. The molecule has 3 rings (SSSR count). The van der Waals surface area contributed by atoms with Crippen LogP contribution in [-0.2, 0) is 16.6 Å². The SMILES string of the molecule is CCN(CC)S(=O)(=O)c1ccc(Cl)c(C(=O)N2CCN(Cc3ccc(Cl)cc3)CC2)c1. The Balaban J connectivity index is 1.70. The van der Waals surface area contributed by atoms with Crippen molar-refractivity contribution >= 4 is 39.1 Å². The first-order chi connectivity index (χ1) is 14.8. The van der Waals surface area contributed by atoms with E-state index in [-0.39, 0.29) is 21.4 Å². The van der Waals surface area contributed by atoms with Crippen molar-refractivity contribution in [2.45, 2.75) is 25.3 Å². The van der Waals surface area contributed by atoms with Gasteiger partial charge in [0.1, 0.15) is 0 Å². The summed E-state index contributed by atoms with van der Waals surface area (Å²) in [5.41, 5.74) is 1.39. The first-order valence-corrected chi connectivity index (χ1v) is 12.5. The fraction of sp³-hybridized carbons (Fsp3) is 0.409. The number of hydrogen-bond donors (Lipinski definition) is 0. The van der Waals surface area contributed by atoms with E-state index in [1.807, 2.05) is 24.3 Å². The van der Waals surface area contributed by atoms with E-state index in [9.17, 15) is 13.2 Å². The van der Waals surface area contributed by atoms with Crippen LogP contribution < -0.4 is 0 Å². The summed E-state index contributed by atoms with van der Waals surface area (Å²) in [4.78, 5) is 17.2. The van der Waals surface area contributed by atoms with E-state index in [1.165, 1.54) is 28.1 Å². The minimum Gasteiger partial charge on any atom is -0.336 e. The molecule has 168 valence electrons. The Morgan fingerprint density at radius 2 is 1.58 bits per heavy atom. The molecule has 0 atom stereocenters. The first-order valence-electron chi connectivity index (χ1n) is 10.3. The highest BCUT2D eigenvalue weighted by Crippen LogP contribution is 2.25. The van der Waals surface area contributed by atoms with Crippen LogP contribution >= 0.6 is 23.2 Å². The van der Waals surface area contributed by atoms with Crippen LogP contribution in [0.2, 0.25) is 10.0 Å². The molecule has 1 aliphatic heterocycles. The van der Waals surface area contributed by atoms with Crippen molar-refractivity contribution in [3.8, 4) is 0 Å². The summed E-state index contributed by atoms with van der Waals surface area (Å²) < 4.78 is 27.0. The van der Waals surface area contributed by atoms with Crippen LogP contribution in [0.5, 0.6) is 0 Å². The third-order valence-corrected chi connectivity index (χ3v) is 8.12. The Labute approximate surface area is 194 Å². The predicted octanol–water partition coefficient (Wildman–Crippen LogP) is 3.98. The normalized spacial score (nSPS) is 15.5. The third-order valence-electron chi connectivity index (χ3n) is 5.49. The van der Waals surface area contributed by atoms with Crippen LogP contribution in [0.1, 0.15) is 29.8 Å². The van der Waals surface area contributed by atoms with Gasteiger partial charge in [0.05, 0.1) is 15.5 Å². The van der Waals surface area contributed by atoms with Crippen LogP contribution in [0.4, 0.5) is 0 Å². The number of amides is 1. The van der Waals surface area contributed by atoms with Gasteiger partial charge in [-0.2, -0.15) is 4.31 Å². The van der Waals surface area contributed by atoms with Gasteiger partial charge in [-0.1, -0.05) is 49.2 Å². The summed E-state index contributed by atoms with van der Waals surface area (Å²) in [6.45, 7) is 7.63. The van der Waals surface area contributed by atoms with E-state index in [4.69, 9.17) is 23.2 Å². The van der Waals surface area contributed by atoms with E-state index in [2.05, 4.69) is 4.90 Å². The molecule has 0 aliphatic carbocycles. The van der Waals surface area contributed by atoms with Crippen molar-refractivity contribution in [2.24, 2.45) is 0 Å². The van der Waals surface area contributed by atoms with Crippen LogP contribution in [0, 0.1) is 0 Å². The van der Waals surface area contributed by atoms with Gasteiger partial charge in [-0.05, 0) is 35.9 Å². The summed E-state index contributed by atoms with van der Waals surface area (Å²) >= 11 is 12.2. The second-order valence-corrected chi connectivity index (χ2v) is 10.2. The molecule has 31 heavy (non-hydrogen) atoms. The van der Waals surface area contributed by atoms with Crippen LogP contribution in [0.25, 0.3) is 0 Å². The third kappa shape index (κ3) is 5.59. The van der Waals surface area contributed by atoms with Crippen molar-refractivity contribution in [1.82, 2.24) is 14.1 Å². The average molecular weight is 484 g/mol. The Hall–Kier alpha value is -1.64. The maximum atomic E-state index is 13.1. The molecule has 0 bridgehead atoms. The summed E-state index contributed by atoms with van der Waals surface area (Å²) in [6, 6.07) is 12.1. The average Bonchev–Trinajstić information content (AvgIpc) is 2.76. The first kappa shape index (κ1) is 24.0. The molecule has 9 heteroatoms. The van der Waals surface area contributed by atoms with Crippen molar-refractivity contribution in [2.75, 3.05) is 39.3 Å². The van der Waals surface area contributed by atoms with Gasteiger partial charge in [0, 0.05) is 50.8 Å². The number of hydrogen-bond acceptors (Lipinski definition) is 4. The number of carbonyl (C=O) groups is 1. The Morgan fingerprint density at radius 1 is 0.968 bits per heavy atom. The van der Waals surface area contributed by atoms with Gasteiger partial charge in [0.2, 0.25) is 10.0 Å². The molecule has 0 N–H and O–H groups in total. The van der Waals surface area contributed by atoms with Gasteiger partial charge < -0.3 is 4.90 Å². The van der Waals surface area contributed by atoms with Gasteiger partial charge in [-0.3, -0.25) is 9.69 Å². The van der Waals surface area contributed by atoms with Crippen LogP contribution in [-0.4, -0.2) is 67.7 Å². The van der Waals surface area contributed by atoms with Gasteiger partial charge in [0.15, 0.2) is 0 Å². The zero-order chi connectivity index (χ0) is 22.6. The van der Waals surface area contributed by atoms with E-state index in [0.717, 1.165) is 19.6 Å². The number of rotatable bonds is 7. The molecule has 1 amide bonds. The van der Waals surface area contributed by atoms with Gasteiger partial charge in [-0.25, -0.2) is 8.42 Å². The molecule has 0 spiro atoms. The Kier molecular flexibility index (Phi) is 7.99. The van der Waals surface area contributed by atoms with Crippen LogP contribution in [0.3, 0.4) is 0 Å². The van der Waals surface area contributed by atoms with Gasteiger partial charge >= 0.3 is 0 Å². The fourth-order valence-electron chi connectivity index (χ4n) is 3.67. The van der Waals surface area contributed by atoms with Crippen molar-refractivity contribution in [1.29, 1.82) is 0 Å². The zero-order valence-electron chi connectivity index (χ0n) is 17.7. The van der Waals surface area contributed by atoms with Gasteiger partial charge in [0.25, 0.3) is 5.91 Å². The summed E-state index contributed by atoms with van der Waals surface area (Å²) in [5.74, 6) is -0.243. The summed E-state index contributed by atoms with van der Waals surface area (Å²) in [6.07, 6.45) is 0. The molecular formula is C22H27Cl2N3O3S. The lowest BCUT2D eigenvalue weighted by Gasteiger charge is -2.35. The molecule has 0 radical (unpaired) electrons. The highest BCUT2D eigenvalue weighted by atomic mass is 35.5. The standard InChI is InChI=1S/C22H27Cl2N3O3S/c1-3-27(4-2)31(29,30)19-9-10-21(24)20(15-19)22(28)26-13-11-25(12-14-26)16-17-5-7-18(23)8-6-17/h5-10,15H,3-4,11-14,16H2,1-2H3. The van der Waals surface area contributed by atoms with E-state index in [0.29, 0.717) is 31.2 Å². The number of carbonyl (C=O) groups excluding carboxylic acids is 1. The summed E-state index contributed by atoms with van der Waals surface area (Å²) in [7, 11) is -3.66. The maximum absolute atomic E-state index is 13.1. The van der Waals surface area contributed by atoms with E-state index in [1.54, 1.807) is 18.7 Å². The Morgan fingerprint density at radius 3 is 2.16 bits per heavy atom. The molecule has 2 aromatic carbocycles. The van der Waals surface area contributed by atoms with Crippen molar-refractivity contribution in [3.05, 3.63) is 63.6 Å². The number of sulfonamides is 1. The zero-order valence-corrected chi connectivity index (χ0v) is 20.1. The largest absolute Gasteiger partial charge is 0.336 e. The smallest absolute Gasteiger partial charge is 0.255 e. The lowest BCUT2D eigenvalue weighted by Crippen LogP contribution is -2.48. The number of piperazine rings is 1. The molecule has 1 aliphatic rings. The minimum atomic E-state index is -3.66. The van der Waals surface area contributed by atoms with Crippen molar-refractivity contribution < 1.29 is 13.2 Å². The molecule has 2 aromatic rings. The molecule has 1 saturated heterocycles. The lowest BCUT2D eigenvalue weighted by molar-refractivity contribution is 0.0628. The second kappa shape index (κ2) is 10.3. The molecule has 0 unspecified atom stereocenters. The maximum Gasteiger partial charge on any atom is 0.255 e. The number of nitrogens with zero attached hydrogens (tertiary/aromatic N) is 3. The summed E-state index contributed by atoms with van der Waals surface area (Å²) in [5, 5.41) is 0.966. The molecule has 0 aromatic heterocycles. The highest BCUT2D eigenvalue weighted by molar-refractivity contribution is 7.89. The van der Waals surface area contributed by atoms with E-state index >= 15 is 0 Å². The molecule has 1 heterocycles. The quantitative estimate of drug-likeness (QED) is 0.597. The topological polar surface area (TPSA) is 60.9 Å². The van der Waals surface area contributed by atoms with Crippen LogP contribution in [0.15, 0.2) is 47.4 Å². The predicted molar refractivity (Wildman–Crippen MR) is 124 cm³/mol. The van der Waals surface area contributed by atoms with Crippen molar-refractivity contribution in [3.63, 3.8) is 0 Å². The lowest BCUT2D eigenvalue weighted by atomic mass is 10.1. The molecular weight excluding hydrogens is 457 g/mol. The van der Waals surface area contributed by atoms with Gasteiger partial charge in [-0.15, -0.1) is 0 Å². The molecule has 6 nitrogen and oxygen atoms in total. The monoisotopic (exact) mass is 483 g/mol. The number of benzene rings is 2. The minimum absolute atomic E-state index is 0.0883. The van der Waals surface area contributed by atoms with E-state index < -0.39 is 10.0 Å². The molecule has 0 saturated carbocycles. The highest BCUT2D eigenvalue weighted by Gasteiger charge is 2.27. The second-order valence-electron chi connectivity index (χ2n) is 7.43. The number of halogens is 2. The fourth-order valence-corrected chi connectivity index (χ4v) is 5.48.